The molecule has 6 nitrogen and oxygen atoms in total. The van der Waals surface area contributed by atoms with Crippen molar-refractivity contribution in [1.29, 1.82) is 0 Å². The Morgan fingerprint density at radius 3 is 2.50 bits per heavy atom. The predicted octanol–water partition coefficient (Wildman–Crippen LogP) is 0.463. The molecule has 0 spiro atoms. The Morgan fingerprint density at radius 1 is 1.30 bits per heavy atom. The van der Waals surface area contributed by atoms with E-state index in [1.54, 1.807) is 12.3 Å². The Balaban J connectivity index is 1.85. The van der Waals surface area contributed by atoms with Crippen molar-refractivity contribution in [3.63, 3.8) is 0 Å². The van der Waals surface area contributed by atoms with Gasteiger partial charge < -0.3 is 14.9 Å². The van der Waals surface area contributed by atoms with Crippen LogP contribution < -0.4 is 4.90 Å². The number of pyridine rings is 1. The highest BCUT2D eigenvalue weighted by Gasteiger charge is 2.17. The number of carboxylic acid groups (broad SMARTS) is 1. The summed E-state index contributed by atoms with van der Waals surface area (Å²) in [4.78, 5) is 21.6. The molecule has 0 aliphatic carbocycles. The maximum absolute atomic E-state index is 10.8. The summed E-state index contributed by atoms with van der Waals surface area (Å²) in [6.07, 6.45) is 1.65. The molecule has 1 aliphatic heterocycles. The van der Waals surface area contributed by atoms with Crippen LogP contribution >= 0.6 is 0 Å². The van der Waals surface area contributed by atoms with Gasteiger partial charge in [-0.05, 0) is 26.2 Å². The van der Waals surface area contributed by atoms with Gasteiger partial charge in [-0.1, -0.05) is 0 Å². The number of piperazine rings is 1. The van der Waals surface area contributed by atoms with Crippen molar-refractivity contribution in [2.24, 2.45) is 0 Å². The van der Waals surface area contributed by atoms with E-state index in [9.17, 15) is 4.79 Å². The number of aromatic nitrogens is 1. The van der Waals surface area contributed by atoms with Gasteiger partial charge in [0.15, 0.2) is 0 Å². The summed E-state index contributed by atoms with van der Waals surface area (Å²) in [7, 11) is 4.18. The van der Waals surface area contributed by atoms with Crippen LogP contribution in [-0.2, 0) is 0 Å². The molecular formula is C14H22N4O2. The number of rotatable bonds is 5. The third kappa shape index (κ3) is 3.91. The molecular weight excluding hydrogens is 256 g/mol. The van der Waals surface area contributed by atoms with Crippen LogP contribution in [-0.4, -0.2) is 79.2 Å². The van der Waals surface area contributed by atoms with Gasteiger partial charge in [0.25, 0.3) is 0 Å². The molecule has 2 rings (SSSR count). The Hall–Kier alpha value is -1.66. The van der Waals surface area contributed by atoms with Crippen LogP contribution in [0.4, 0.5) is 5.69 Å². The minimum Gasteiger partial charge on any atom is -0.477 e. The molecule has 20 heavy (non-hydrogen) atoms. The highest BCUT2D eigenvalue weighted by atomic mass is 16.4. The highest BCUT2D eigenvalue weighted by Crippen LogP contribution is 2.15. The van der Waals surface area contributed by atoms with Crippen LogP contribution in [0.3, 0.4) is 0 Å². The van der Waals surface area contributed by atoms with Gasteiger partial charge in [-0.15, -0.1) is 0 Å². The van der Waals surface area contributed by atoms with Gasteiger partial charge in [-0.25, -0.2) is 9.78 Å². The zero-order chi connectivity index (χ0) is 14.5. The SMILES string of the molecule is CN(C)CCN1CCN(c2ccc(C(=O)O)nc2)CC1. The van der Waals surface area contributed by atoms with Crippen molar-refractivity contribution in [3.8, 4) is 0 Å². The lowest BCUT2D eigenvalue weighted by Gasteiger charge is -2.36. The molecule has 1 aromatic rings. The van der Waals surface area contributed by atoms with Crippen molar-refractivity contribution in [2.45, 2.75) is 0 Å². The van der Waals surface area contributed by atoms with E-state index >= 15 is 0 Å². The van der Waals surface area contributed by atoms with Crippen molar-refractivity contribution in [3.05, 3.63) is 24.0 Å². The number of nitrogens with zero attached hydrogens (tertiary/aromatic N) is 4. The molecule has 0 atom stereocenters. The van der Waals surface area contributed by atoms with Gasteiger partial charge in [0.2, 0.25) is 0 Å². The fourth-order valence-electron chi connectivity index (χ4n) is 2.27. The summed E-state index contributed by atoms with van der Waals surface area (Å²) >= 11 is 0. The second-order valence-electron chi connectivity index (χ2n) is 5.34. The molecule has 0 saturated carbocycles. The van der Waals surface area contributed by atoms with Crippen LogP contribution in [0.25, 0.3) is 0 Å². The van der Waals surface area contributed by atoms with Crippen LogP contribution in [0.15, 0.2) is 18.3 Å². The lowest BCUT2D eigenvalue weighted by Crippen LogP contribution is -2.48. The minimum atomic E-state index is -0.981. The van der Waals surface area contributed by atoms with E-state index in [-0.39, 0.29) is 5.69 Å². The van der Waals surface area contributed by atoms with Crippen molar-refractivity contribution < 1.29 is 9.90 Å². The number of aromatic carboxylic acids is 1. The van der Waals surface area contributed by atoms with Gasteiger partial charge in [0.1, 0.15) is 5.69 Å². The predicted molar refractivity (Wildman–Crippen MR) is 78.4 cm³/mol. The lowest BCUT2D eigenvalue weighted by atomic mass is 10.2. The van der Waals surface area contributed by atoms with Crippen LogP contribution in [0.5, 0.6) is 0 Å². The third-order valence-electron chi connectivity index (χ3n) is 3.57. The number of carboxylic acids is 1. The average molecular weight is 278 g/mol. The topological polar surface area (TPSA) is 59.9 Å². The number of likely N-dealkylation sites (N-methyl/N-ethyl adjacent to an activating group) is 1. The Kier molecular flexibility index (Phi) is 4.92. The van der Waals surface area contributed by atoms with Gasteiger partial charge >= 0.3 is 5.97 Å². The van der Waals surface area contributed by atoms with E-state index in [0.29, 0.717) is 0 Å². The summed E-state index contributed by atoms with van der Waals surface area (Å²) in [6, 6.07) is 3.40. The number of hydrogen-bond donors (Lipinski definition) is 1. The fourth-order valence-corrected chi connectivity index (χ4v) is 2.27. The fraction of sp³-hybridized carbons (Fsp3) is 0.571. The molecule has 6 heteroatoms. The summed E-state index contributed by atoms with van der Waals surface area (Å²) in [5.41, 5.74) is 1.10. The molecule has 0 aromatic carbocycles. The quantitative estimate of drug-likeness (QED) is 0.844. The molecule has 1 saturated heterocycles. The monoisotopic (exact) mass is 278 g/mol. The molecule has 0 radical (unpaired) electrons. The van der Waals surface area contributed by atoms with Gasteiger partial charge in [-0.3, -0.25) is 4.90 Å². The first-order valence-corrected chi connectivity index (χ1v) is 6.87. The van der Waals surface area contributed by atoms with Crippen LogP contribution in [0.2, 0.25) is 0 Å². The molecule has 0 bridgehead atoms. The van der Waals surface area contributed by atoms with Crippen LogP contribution in [0.1, 0.15) is 10.5 Å². The van der Waals surface area contributed by atoms with Gasteiger partial charge in [0.05, 0.1) is 11.9 Å². The first kappa shape index (κ1) is 14.7. The Morgan fingerprint density at radius 2 is 2.00 bits per heavy atom. The second-order valence-corrected chi connectivity index (χ2v) is 5.34. The number of carbonyl (C=O) groups is 1. The minimum absolute atomic E-state index is 0.0957. The molecule has 1 N–H and O–H groups in total. The highest BCUT2D eigenvalue weighted by molar-refractivity contribution is 5.85. The molecule has 1 aromatic heterocycles. The smallest absolute Gasteiger partial charge is 0.354 e. The van der Waals surface area contributed by atoms with Crippen molar-refractivity contribution in [2.75, 3.05) is 58.3 Å². The lowest BCUT2D eigenvalue weighted by molar-refractivity contribution is 0.0690. The zero-order valence-electron chi connectivity index (χ0n) is 12.1. The van der Waals surface area contributed by atoms with E-state index in [0.717, 1.165) is 45.0 Å². The number of hydrogen-bond acceptors (Lipinski definition) is 5. The van der Waals surface area contributed by atoms with E-state index in [2.05, 4.69) is 33.8 Å². The molecule has 1 fully saturated rings. The summed E-state index contributed by atoms with van der Waals surface area (Å²) in [5.74, 6) is -0.981. The first-order valence-electron chi connectivity index (χ1n) is 6.87. The van der Waals surface area contributed by atoms with Crippen molar-refractivity contribution in [1.82, 2.24) is 14.8 Å². The Bertz CT molecular complexity index is 439. The molecule has 110 valence electrons. The average Bonchev–Trinajstić information content (AvgIpc) is 2.46. The molecule has 0 unspecified atom stereocenters. The standard InChI is InChI=1S/C14H22N4O2/c1-16(2)5-6-17-7-9-18(10-8-17)12-3-4-13(14(19)20)15-11-12/h3-4,11H,5-10H2,1-2H3,(H,19,20). The zero-order valence-corrected chi connectivity index (χ0v) is 12.1. The van der Waals surface area contributed by atoms with Gasteiger partial charge in [0, 0.05) is 39.3 Å². The Labute approximate surface area is 119 Å². The summed E-state index contributed by atoms with van der Waals surface area (Å²) in [5, 5.41) is 8.84. The van der Waals surface area contributed by atoms with Crippen molar-refractivity contribution >= 4 is 11.7 Å². The maximum Gasteiger partial charge on any atom is 0.354 e. The molecule has 0 amide bonds. The van der Waals surface area contributed by atoms with Gasteiger partial charge in [-0.2, -0.15) is 0 Å². The van der Waals surface area contributed by atoms with E-state index in [1.165, 1.54) is 0 Å². The first-order chi connectivity index (χ1) is 9.56. The number of anilines is 1. The van der Waals surface area contributed by atoms with E-state index < -0.39 is 5.97 Å². The van der Waals surface area contributed by atoms with E-state index in [1.807, 2.05) is 6.07 Å². The van der Waals surface area contributed by atoms with E-state index in [4.69, 9.17) is 5.11 Å². The molecule has 2 heterocycles. The summed E-state index contributed by atoms with van der Waals surface area (Å²) < 4.78 is 0. The largest absolute Gasteiger partial charge is 0.477 e. The second kappa shape index (κ2) is 6.67. The maximum atomic E-state index is 10.8. The third-order valence-corrected chi connectivity index (χ3v) is 3.57. The normalized spacial score (nSPS) is 16.6. The summed E-state index contributed by atoms with van der Waals surface area (Å²) in [6.45, 7) is 6.16. The van der Waals surface area contributed by atoms with Crippen LogP contribution in [0, 0.1) is 0 Å². The molecule has 1 aliphatic rings.